The number of rotatable bonds is 4. The van der Waals surface area contributed by atoms with Gasteiger partial charge in [0.2, 0.25) is 0 Å². The summed E-state index contributed by atoms with van der Waals surface area (Å²) in [5, 5.41) is 0. The van der Waals surface area contributed by atoms with Gasteiger partial charge >= 0.3 is 5.69 Å². The highest BCUT2D eigenvalue weighted by atomic mass is 79.9. The summed E-state index contributed by atoms with van der Waals surface area (Å²) >= 11 is 3.10. The van der Waals surface area contributed by atoms with E-state index in [0.717, 1.165) is 12.8 Å². The average molecular weight is 275 g/mol. The van der Waals surface area contributed by atoms with E-state index in [-0.39, 0.29) is 11.2 Å². The van der Waals surface area contributed by atoms with Crippen molar-refractivity contribution < 1.29 is 0 Å². The van der Waals surface area contributed by atoms with E-state index < -0.39 is 0 Å². The first-order valence-corrected chi connectivity index (χ1v) is 5.79. The SMILES string of the molecule is CC(C)CCCn1c(=O)[nH]cc(Br)c1=O. The Morgan fingerprint density at radius 3 is 2.73 bits per heavy atom. The first kappa shape index (κ1) is 12.2. The minimum Gasteiger partial charge on any atom is -0.313 e. The van der Waals surface area contributed by atoms with Gasteiger partial charge in [-0.3, -0.25) is 9.36 Å². The molecular weight excluding hydrogens is 260 g/mol. The molecule has 5 heteroatoms. The standard InChI is InChI=1S/C10H15BrN2O2/c1-7(2)4-3-5-13-9(14)8(11)6-12-10(13)15/h6-7H,3-5H2,1-2H3,(H,12,15). The van der Waals surface area contributed by atoms with Gasteiger partial charge in [0, 0.05) is 12.7 Å². The molecule has 0 radical (unpaired) electrons. The Hall–Kier alpha value is -0.840. The second kappa shape index (κ2) is 5.30. The van der Waals surface area contributed by atoms with Crippen molar-refractivity contribution in [2.75, 3.05) is 0 Å². The minimum atomic E-state index is -0.341. The number of nitrogens with one attached hydrogen (secondary N) is 1. The maximum Gasteiger partial charge on any atom is 0.328 e. The maximum atomic E-state index is 11.6. The summed E-state index contributed by atoms with van der Waals surface area (Å²) in [6, 6.07) is 0. The fourth-order valence-electron chi connectivity index (χ4n) is 1.35. The third kappa shape index (κ3) is 3.34. The molecule has 0 bridgehead atoms. The van der Waals surface area contributed by atoms with Gasteiger partial charge in [0.1, 0.15) is 0 Å². The van der Waals surface area contributed by atoms with Crippen LogP contribution in [0.4, 0.5) is 0 Å². The fourth-order valence-corrected chi connectivity index (χ4v) is 1.68. The van der Waals surface area contributed by atoms with Gasteiger partial charge in [-0.2, -0.15) is 0 Å². The number of H-pyrrole nitrogens is 1. The molecule has 0 spiro atoms. The summed E-state index contributed by atoms with van der Waals surface area (Å²) in [6.45, 7) is 4.72. The van der Waals surface area contributed by atoms with Crippen LogP contribution in [0.15, 0.2) is 20.3 Å². The summed E-state index contributed by atoms with van der Waals surface area (Å²) in [5.41, 5.74) is -0.602. The first-order chi connectivity index (χ1) is 7.02. The van der Waals surface area contributed by atoms with Gasteiger partial charge in [0.25, 0.3) is 5.56 Å². The lowest BCUT2D eigenvalue weighted by molar-refractivity contribution is 0.494. The van der Waals surface area contributed by atoms with E-state index in [1.54, 1.807) is 0 Å². The lowest BCUT2D eigenvalue weighted by atomic mass is 10.1. The number of aromatic amines is 1. The quantitative estimate of drug-likeness (QED) is 0.909. The second-order valence-electron chi connectivity index (χ2n) is 3.93. The highest BCUT2D eigenvalue weighted by molar-refractivity contribution is 9.10. The number of aromatic nitrogens is 2. The molecule has 0 atom stereocenters. The van der Waals surface area contributed by atoms with E-state index in [4.69, 9.17) is 0 Å². The molecule has 0 saturated carbocycles. The molecule has 0 saturated heterocycles. The molecule has 0 aromatic carbocycles. The van der Waals surface area contributed by atoms with Crippen LogP contribution in [0.5, 0.6) is 0 Å². The van der Waals surface area contributed by atoms with Crippen molar-refractivity contribution in [3.63, 3.8) is 0 Å². The average Bonchev–Trinajstić information content (AvgIpc) is 2.17. The monoisotopic (exact) mass is 274 g/mol. The Kier molecular flexibility index (Phi) is 4.32. The molecule has 1 aromatic rings. The molecule has 0 aliphatic rings. The third-order valence-corrected chi connectivity index (χ3v) is 2.75. The van der Waals surface area contributed by atoms with Gasteiger partial charge < -0.3 is 4.98 Å². The molecule has 15 heavy (non-hydrogen) atoms. The van der Waals surface area contributed by atoms with Crippen LogP contribution < -0.4 is 11.2 Å². The van der Waals surface area contributed by atoms with E-state index in [9.17, 15) is 9.59 Å². The van der Waals surface area contributed by atoms with Crippen LogP contribution in [0, 0.1) is 5.92 Å². The van der Waals surface area contributed by atoms with E-state index in [1.807, 2.05) is 0 Å². The molecule has 0 aliphatic carbocycles. The molecule has 0 aliphatic heterocycles. The van der Waals surface area contributed by atoms with Crippen LogP contribution in [0.25, 0.3) is 0 Å². The van der Waals surface area contributed by atoms with E-state index in [0.29, 0.717) is 16.9 Å². The smallest absolute Gasteiger partial charge is 0.313 e. The normalized spacial score (nSPS) is 10.9. The molecule has 1 aromatic heterocycles. The van der Waals surface area contributed by atoms with Crippen molar-refractivity contribution in [2.45, 2.75) is 33.2 Å². The first-order valence-electron chi connectivity index (χ1n) is 5.00. The van der Waals surface area contributed by atoms with E-state index in [2.05, 4.69) is 34.8 Å². The molecule has 0 amide bonds. The van der Waals surface area contributed by atoms with Crippen molar-refractivity contribution in [3.05, 3.63) is 31.5 Å². The van der Waals surface area contributed by atoms with E-state index in [1.165, 1.54) is 10.8 Å². The van der Waals surface area contributed by atoms with Crippen LogP contribution in [0.1, 0.15) is 26.7 Å². The predicted octanol–water partition coefficient (Wildman–Crippen LogP) is 1.74. The maximum absolute atomic E-state index is 11.6. The highest BCUT2D eigenvalue weighted by Crippen LogP contribution is 2.04. The minimum absolute atomic E-state index is 0.262. The molecule has 0 fully saturated rings. The predicted molar refractivity (Wildman–Crippen MR) is 63.1 cm³/mol. The van der Waals surface area contributed by atoms with Gasteiger partial charge in [0.05, 0.1) is 4.47 Å². The Labute approximate surface area is 96.5 Å². The van der Waals surface area contributed by atoms with Gasteiger partial charge in [-0.1, -0.05) is 13.8 Å². The fraction of sp³-hybridized carbons (Fsp3) is 0.600. The molecular formula is C10H15BrN2O2. The number of hydrogen-bond donors (Lipinski definition) is 1. The van der Waals surface area contributed by atoms with Crippen LogP contribution in [0.3, 0.4) is 0 Å². The Morgan fingerprint density at radius 2 is 2.13 bits per heavy atom. The topological polar surface area (TPSA) is 54.9 Å². The zero-order chi connectivity index (χ0) is 11.4. The largest absolute Gasteiger partial charge is 0.328 e. The number of nitrogens with zero attached hydrogens (tertiary/aromatic N) is 1. The Balaban J connectivity index is 2.81. The van der Waals surface area contributed by atoms with Gasteiger partial charge in [-0.25, -0.2) is 4.79 Å². The van der Waals surface area contributed by atoms with Crippen LogP contribution >= 0.6 is 15.9 Å². The molecule has 1 heterocycles. The summed E-state index contributed by atoms with van der Waals surface area (Å²) in [6.07, 6.45) is 3.24. The molecule has 1 N–H and O–H groups in total. The lowest BCUT2D eigenvalue weighted by Gasteiger charge is -2.06. The Morgan fingerprint density at radius 1 is 1.47 bits per heavy atom. The summed E-state index contributed by atoms with van der Waals surface area (Å²) < 4.78 is 1.62. The van der Waals surface area contributed by atoms with Crippen LogP contribution in [0.2, 0.25) is 0 Å². The van der Waals surface area contributed by atoms with Crippen molar-refractivity contribution in [1.29, 1.82) is 0 Å². The van der Waals surface area contributed by atoms with Gasteiger partial charge in [-0.05, 0) is 34.7 Å². The second-order valence-corrected chi connectivity index (χ2v) is 4.79. The summed E-state index contributed by atoms with van der Waals surface area (Å²) in [7, 11) is 0. The van der Waals surface area contributed by atoms with Crippen molar-refractivity contribution in [1.82, 2.24) is 9.55 Å². The molecule has 1 rings (SSSR count). The van der Waals surface area contributed by atoms with Gasteiger partial charge in [0.15, 0.2) is 0 Å². The Bertz CT molecular complexity index is 434. The van der Waals surface area contributed by atoms with Crippen LogP contribution in [-0.4, -0.2) is 9.55 Å². The lowest BCUT2D eigenvalue weighted by Crippen LogP contribution is -2.35. The van der Waals surface area contributed by atoms with Crippen molar-refractivity contribution in [2.24, 2.45) is 5.92 Å². The number of hydrogen-bond acceptors (Lipinski definition) is 2. The van der Waals surface area contributed by atoms with E-state index >= 15 is 0 Å². The van der Waals surface area contributed by atoms with Crippen molar-refractivity contribution in [3.8, 4) is 0 Å². The van der Waals surface area contributed by atoms with Gasteiger partial charge in [-0.15, -0.1) is 0 Å². The molecule has 84 valence electrons. The van der Waals surface area contributed by atoms with Crippen LogP contribution in [-0.2, 0) is 6.54 Å². The van der Waals surface area contributed by atoms with Crippen molar-refractivity contribution >= 4 is 15.9 Å². The third-order valence-electron chi connectivity index (χ3n) is 2.18. The number of halogens is 1. The highest BCUT2D eigenvalue weighted by Gasteiger charge is 2.04. The summed E-state index contributed by atoms with van der Waals surface area (Å²) in [5.74, 6) is 0.590. The molecule has 0 unspecified atom stereocenters. The molecule has 4 nitrogen and oxygen atoms in total. The zero-order valence-corrected chi connectivity index (χ0v) is 10.5. The summed E-state index contributed by atoms with van der Waals surface area (Å²) in [4.78, 5) is 25.4. The zero-order valence-electron chi connectivity index (χ0n) is 8.92.